The molecule has 1 unspecified atom stereocenters. The first kappa shape index (κ1) is 23.4. The van der Waals surface area contributed by atoms with E-state index in [0.717, 1.165) is 24.3 Å². The Morgan fingerprint density at radius 1 is 1.13 bits per heavy atom. The number of aliphatic imine (C=N–C) groups is 1. The van der Waals surface area contributed by atoms with Crippen LogP contribution < -0.4 is 20.7 Å². The summed E-state index contributed by atoms with van der Waals surface area (Å²) in [7, 11) is 1.75. The first-order valence-electron chi connectivity index (χ1n) is 11.7. The van der Waals surface area contributed by atoms with Gasteiger partial charge < -0.3 is 25.4 Å². The molecule has 2 aliphatic rings. The van der Waals surface area contributed by atoms with Crippen molar-refractivity contribution in [2.45, 2.75) is 64.5 Å². The molecule has 0 bridgehead atoms. The van der Waals surface area contributed by atoms with Gasteiger partial charge in [0.05, 0.1) is 13.2 Å². The molecule has 3 N–H and O–H groups in total. The summed E-state index contributed by atoms with van der Waals surface area (Å²) in [6, 6.07) is 6.26. The fraction of sp³-hybridized carbons (Fsp3) is 0.667. The third-order valence-corrected chi connectivity index (χ3v) is 6.01. The van der Waals surface area contributed by atoms with Crippen LogP contribution in [0, 0.1) is 12.8 Å². The van der Waals surface area contributed by atoms with E-state index in [1.165, 1.54) is 37.7 Å². The number of hydrogen-bond acceptors (Lipinski definition) is 4. The first-order valence-corrected chi connectivity index (χ1v) is 11.7. The van der Waals surface area contributed by atoms with Crippen molar-refractivity contribution in [1.82, 2.24) is 16.0 Å². The number of rotatable bonds is 9. The lowest BCUT2D eigenvalue weighted by atomic mass is 9.87. The highest BCUT2D eigenvalue weighted by Crippen LogP contribution is 2.26. The molecule has 0 spiro atoms. The molecule has 0 aromatic heterocycles. The topological polar surface area (TPSA) is 84.0 Å². The first-order chi connectivity index (χ1) is 15.1. The molecule has 1 saturated heterocycles. The zero-order chi connectivity index (χ0) is 21.9. The van der Waals surface area contributed by atoms with E-state index < -0.39 is 0 Å². The number of benzene rings is 1. The van der Waals surface area contributed by atoms with Gasteiger partial charge in [-0.15, -0.1) is 0 Å². The van der Waals surface area contributed by atoms with Gasteiger partial charge in [0, 0.05) is 45.1 Å². The van der Waals surface area contributed by atoms with Crippen LogP contribution in [0.15, 0.2) is 23.2 Å². The molecule has 1 aliphatic heterocycles. The zero-order valence-electron chi connectivity index (χ0n) is 19.0. The number of guanidine groups is 1. The second-order valence-electron chi connectivity index (χ2n) is 8.63. The van der Waals surface area contributed by atoms with Crippen LogP contribution in [0.3, 0.4) is 0 Å². The van der Waals surface area contributed by atoms with E-state index >= 15 is 0 Å². The van der Waals surface area contributed by atoms with Gasteiger partial charge in [-0.25, -0.2) is 0 Å². The summed E-state index contributed by atoms with van der Waals surface area (Å²) in [5.41, 5.74) is 2.25. The maximum absolute atomic E-state index is 12.1. The Morgan fingerprint density at radius 3 is 2.68 bits per heavy atom. The minimum Gasteiger partial charge on any atom is -0.488 e. The van der Waals surface area contributed by atoms with E-state index in [1.54, 1.807) is 7.05 Å². The number of ether oxygens (including phenoxy) is 2. The Hall–Kier alpha value is -2.28. The van der Waals surface area contributed by atoms with E-state index in [2.05, 4.69) is 46.1 Å². The summed E-state index contributed by atoms with van der Waals surface area (Å²) in [6.07, 6.45) is 7.95. The molecule has 0 radical (unpaired) electrons. The minimum atomic E-state index is 0.121. The molecule has 1 saturated carbocycles. The van der Waals surface area contributed by atoms with Crippen molar-refractivity contribution < 1.29 is 14.3 Å². The monoisotopic (exact) mass is 430 g/mol. The standard InChI is InChI=1S/C24H38N4O3/c1-18-8-9-20(22(14-18)31-21-10-13-30-17-21)16-28-24(25-2)27-12-11-26-23(29)15-19-6-4-3-5-7-19/h8-9,14,19,21H,3-7,10-13,15-17H2,1-2H3,(H,26,29)(H2,25,27,28). The van der Waals surface area contributed by atoms with E-state index in [0.29, 0.717) is 44.5 Å². The summed E-state index contributed by atoms with van der Waals surface area (Å²) in [6.45, 7) is 5.31. The number of hydrogen-bond donors (Lipinski definition) is 3. The van der Waals surface area contributed by atoms with Gasteiger partial charge in [0.15, 0.2) is 5.96 Å². The second kappa shape index (κ2) is 12.5. The Balaban J connectivity index is 1.38. The van der Waals surface area contributed by atoms with E-state index in [1.807, 2.05) is 0 Å². The largest absolute Gasteiger partial charge is 0.488 e. The second-order valence-corrected chi connectivity index (χ2v) is 8.63. The van der Waals surface area contributed by atoms with Gasteiger partial charge in [0.2, 0.25) is 5.91 Å². The van der Waals surface area contributed by atoms with Crippen molar-refractivity contribution in [3.63, 3.8) is 0 Å². The third-order valence-electron chi connectivity index (χ3n) is 6.01. The maximum atomic E-state index is 12.1. The van der Waals surface area contributed by atoms with Crippen LogP contribution in [-0.4, -0.2) is 51.3 Å². The van der Waals surface area contributed by atoms with Gasteiger partial charge in [-0.1, -0.05) is 31.4 Å². The van der Waals surface area contributed by atoms with Crippen molar-refractivity contribution >= 4 is 11.9 Å². The average molecular weight is 431 g/mol. The van der Waals surface area contributed by atoms with Crippen molar-refractivity contribution in [2.24, 2.45) is 10.9 Å². The Labute approximate surface area is 186 Å². The van der Waals surface area contributed by atoms with Crippen molar-refractivity contribution in [3.8, 4) is 5.75 Å². The van der Waals surface area contributed by atoms with E-state index in [9.17, 15) is 4.79 Å². The number of aryl methyl sites for hydroxylation is 1. The fourth-order valence-corrected chi connectivity index (χ4v) is 4.21. The number of nitrogens with one attached hydrogen (secondary N) is 3. The summed E-state index contributed by atoms with van der Waals surface area (Å²) in [5, 5.41) is 9.63. The van der Waals surface area contributed by atoms with Crippen LogP contribution in [0.1, 0.15) is 56.1 Å². The smallest absolute Gasteiger partial charge is 0.220 e. The number of nitrogens with zero attached hydrogens (tertiary/aromatic N) is 1. The van der Waals surface area contributed by atoms with Crippen molar-refractivity contribution in [3.05, 3.63) is 29.3 Å². The fourth-order valence-electron chi connectivity index (χ4n) is 4.21. The van der Waals surface area contributed by atoms with Gasteiger partial charge in [-0.3, -0.25) is 9.79 Å². The average Bonchev–Trinajstić information content (AvgIpc) is 3.28. The molecule has 31 heavy (non-hydrogen) atoms. The summed E-state index contributed by atoms with van der Waals surface area (Å²) in [4.78, 5) is 16.4. The van der Waals surface area contributed by atoms with Crippen LogP contribution in [-0.2, 0) is 16.1 Å². The van der Waals surface area contributed by atoms with Gasteiger partial charge in [-0.05, 0) is 37.3 Å². The van der Waals surface area contributed by atoms with Crippen LogP contribution in [0.2, 0.25) is 0 Å². The highest BCUT2D eigenvalue weighted by atomic mass is 16.5. The predicted molar refractivity (Wildman–Crippen MR) is 123 cm³/mol. The van der Waals surface area contributed by atoms with Gasteiger partial charge in [0.25, 0.3) is 0 Å². The SMILES string of the molecule is CN=C(NCCNC(=O)CC1CCCCC1)NCc1ccc(C)cc1OC1CCOC1. The number of carbonyl (C=O) groups is 1. The third kappa shape index (κ3) is 8.05. The van der Waals surface area contributed by atoms with E-state index in [4.69, 9.17) is 9.47 Å². The molecule has 1 aromatic rings. The maximum Gasteiger partial charge on any atom is 0.220 e. The van der Waals surface area contributed by atoms with Gasteiger partial charge in [-0.2, -0.15) is 0 Å². The lowest BCUT2D eigenvalue weighted by Crippen LogP contribution is -2.41. The van der Waals surface area contributed by atoms with Crippen molar-refractivity contribution in [1.29, 1.82) is 0 Å². The molecule has 1 aromatic carbocycles. The Morgan fingerprint density at radius 2 is 1.94 bits per heavy atom. The van der Waals surface area contributed by atoms with Gasteiger partial charge in [0.1, 0.15) is 11.9 Å². The molecule has 1 atom stereocenters. The lowest BCUT2D eigenvalue weighted by Gasteiger charge is -2.21. The molecule has 3 rings (SSSR count). The highest BCUT2D eigenvalue weighted by molar-refractivity contribution is 5.80. The van der Waals surface area contributed by atoms with Crippen LogP contribution in [0.4, 0.5) is 0 Å². The molecule has 7 nitrogen and oxygen atoms in total. The van der Waals surface area contributed by atoms with Crippen LogP contribution >= 0.6 is 0 Å². The molecule has 1 heterocycles. The highest BCUT2D eigenvalue weighted by Gasteiger charge is 2.19. The molecular weight excluding hydrogens is 392 g/mol. The molecule has 172 valence electrons. The quantitative estimate of drug-likeness (QED) is 0.319. The normalized spacial score (nSPS) is 19.8. The van der Waals surface area contributed by atoms with Crippen molar-refractivity contribution in [2.75, 3.05) is 33.4 Å². The zero-order valence-corrected chi connectivity index (χ0v) is 19.0. The summed E-state index contributed by atoms with van der Waals surface area (Å²) in [5.74, 6) is 2.33. The molecule has 7 heteroatoms. The Kier molecular flexibility index (Phi) is 9.46. The lowest BCUT2D eigenvalue weighted by molar-refractivity contribution is -0.122. The van der Waals surface area contributed by atoms with Crippen LogP contribution in [0.5, 0.6) is 5.75 Å². The number of amides is 1. The minimum absolute atomic E-state index is 0.121. The molecular formula is C24H38N4O3. The van der Waals surface area contributed by atoms with E-state index in [-0.39, 0.29) is 12.0 Å². The Bertz CT molecular complexity index is 726. The predicted octanol–water partition coefficient (Wildman–Crippen LogP) is 2.91. The van der Waals surface area contributed by atoms with Gasteiger partial charge >= 0.3 is 0 Å². The van der Waals surface area contributed by atoms with Crippen LogP contribution in [0.25, 0.3) is 0 Å². The molecule has 1 aliphatic carbocycles. The molecule has 2 fully saturated rings. The summed E-state index contributed by atoms with van der Waals surface area (Å²) < 4.78 is 11.6. The molecule has 1 amide bonds. The summed E-state index contributed by atoms with van der Waals surface area (Å²) >= 11 is 0. The number of carbonyl (C=O) groups excluding carboxylic acids is 1.